The standard InChI is InChI=1S/C19H17F3O4/c1-18(25-9-10-26-18)14-6-4-7-15(11-14)24-12-13-5-2-3-8-16(13)17(23)19(20,21)22/h2-8,11H,9-10,12H2,1H3. The average Bonchev–Trinajstić information content (AvgIpc) is 3.07. The first kappa shape index (κ1) is 18.4. The van der Waals surface area contributed by atoms with E-state index >= 15 is 0 Å². The second kappa shape index (κ2) is 7.09. The van der Waals surface area contributed by atoms with Gasteiger partial charge in [0.25, 0.3) is 5.78 Å². The number of hydrogen-bond donors (Lipinski definition) is 0. The maximum atomic E-state index is 12.7. The van der Waals surface area contributed by atoms with E-state index in [0.29, 0.717) is 19.0 Å². The Balaban J connectivity index is 1.77. The topological polar surface area (TPSA) is 44.8 Å². The van der Waals surface area contributed by atoms with Crippen LogP contribution in [0.4, 0.5) is 13.2 Å². The van der Waals surface area contributed by atoms with E-state index in [9.17, 15) is 18.0 Å². The van der Waals surface area contributed by atoms with E-state index in [1.807, 2.05) is 6.07 Å². The van der Waals surface area contributed by atoms with Crippen molar-refractivity contribution in [2.45, 2.75) is 25.5 Å². The largest absolute Gasteiger partial charge is 0.489 e. The molecular weight excluding hydrogens is 349 g/mol. The van der Waals surface area contributed by atoms with Crippen LogP contribution >= 0.6 is 0 Å². The molecule has 2 aromatic rings. The first-order valence-corrected chi connectivity index (χ1v) is 8.00. The van der Waals surface area contributed by atoms with E-state index in [4.69, 9.17) is 14.2 Å². The van der Waals surface area contributed by atoms with Gasteiger partial charge in [-0.05, 0) is 19.1 Å². The molecule has 0 unspecified atom stereocenters. The number of carbonyl (C=O) groups excluding carboxylic acids is 1. The van der Waals surface area contributed by atoms with Crippen LogP contribution in [0.2, 0.25) is 0 Å². The van der Waals surface area contributed by atoms with Gasteiger partial charge in [-0.25, -0.2) is 0 Å². The van der Waals surface area contributed by atoms with Gasteiger partial charge in [0.2, 0.25) is 0 Å². The molecule has 26 heavy (non-hydrogen) atoms. The minimum Gasteiger partial charge on any atom is -0.489 e. The highest BCUT2D eigenvalue weighted by molar-refractivity contribution is 6.01. The Morgan fingerprint density at radius 3 is 2.50 bits per heavy atom. The van der Waals surface area contributed by atoms with Crippen LogP contribution in [-0.4, -0.2) is 25.2 Å². The zero-order valence-corrected chi connectivity index (χ0v) is 14.0. The van der Waals surface area contributed by atoms with E-state index in [2.05, 4.69) is 0 Å². The highest BCUT2D eigenvalue weighted by atomic mass is 19.4. The zero-order chi connectivity index (χ0) is 18.8. The molecule has 0 saturated carbocycles. The van der Waals surface area contributed by atoms with Crippen LogP contribution in [0.25, 0.3) is 0 Å². The van der Waals surface area contributed by atoms with E-state index < -0.39 is 23.3 Å². The summed E-state index contributed by atoms with van der Waals surface area (Å²) in [5.74, 6) is -2.31. The summed E-state index contributed by atoms with van der Waals surface area (Å²) in [7, 11) is 0. The van der Waals surface area contributed by atoms with Crippen LogP contribution in [0, 0.1) is 0 Å². The second-order valence-electron chi connectivity index (χ2n) is 5.94. The molecule has 0 spiro atoms. The van der Waals surface area contributed by atoms with Crippen LogP contribution in [-0.2, 0) is 21.9 Å². The Kier molecular flexibility index (Phi) is 5.02. The van der Waals surface area contributed by atoms with Crippen LogP contribution in [0.15, 0.2) is 48.5 Å². The normalized spacial score (nSPS) is 16.5. The lowest BCUT2D eigenvalue weighted by atomic mass is 10.0. The van der Waals surface area contributed by atoms with Crippen molar-refractivity contribution in [3.05, 3.63) is 65.2 Å². The molecule has 0 amide bonds. The predicted octanol–water partition coefficient (Wildman–Crippen LogP) is 4.23. The van der Waals surface area contributed by atoms with Gasteiger partial charge in [-0.2, -0.15) is 13.2 Å². The van der Waals surface area contributed by atoms with Gasteiger partial charge >= 0.3 is 6.18 Å². The first-order chi connectivity index (χ1) is 12.3. The summed E-state index contributed by atoms with van der Waals surface area (Å²) in [6.45, 7) is 2.58. The van der Waals surface area contributed by atoms with E-state index in [0.717, 1.165) is 11.6 Å². The molecule has 0 bridgehead atoms. The Bertz CT molecular complexity index is 795. The van der Waals surface area contributed by atoms with E-state index in [-0.39, 0.29) is 12.2 Å². The molecule has 0 atom stereocenters. The summed E-state index contributed by atoms with van der Waals surface area (Å²) >= 11 is 0. The van der Waals surface area contributed by atoms with Crippen molar-refractivity contribution in [2.75, 3.05) is 13.2 Å². The van der Waals surface area contributed by atoms with Crippen LogP contribution in [0.3, 0.4) is 0 Å². The van der Waals surface area contributed by atoms with Crippen molar-refractivity contribution < 1.29 is 32.2 Å². The number of hydrogen-bond acceptors (Lipinski definition) is 4. The zero-order valence-electron chi connectivity index (χ0n) is 14.0. The second-order valence-corrected chi connectivity index (χ2v) is 5.94. The number of ether oxygens (including phenoxy) is 3. The number of alkyl halides is 3. The van der Waals surface area contributed by atoms with Crippen LogP contribution in [0.5, 0.6) is 5.75 Å². The minimum atomic E-state index is -4.93. The van der Waals surface area contributed by atoms with Gasteiger partial charge in [-0.1, -0.05) is 36.4 Å². The van der Waals surface area contributed by atoms with Crippen molar-refractivity contribution >= 4 is 5.78 Å². The van der Waals surface area contributed by atoms with E-state index in [1.165, 1.54) is 12.1 Å². The summed E-state index contributed by atoms with van der Waals surface area (Å²) < 4.78 is 55.0. The Labute approximate surface area is 148 Å². The number of carbonyl (C=O) groups is 1. The van der Waals surface area contributed by atoms with Crippen molar-refractivity contribution in [3.8, 4) is 5.75 Å². The van der Waals surface area contributed by atoms with E-state index in [1.54, 1.807) is 31.2 Å². The first-order valence-electron chi connectivity index (χ1n) is 8.00. The molecular formula is C19H17F3O4. The smallest absolute Gasteiger partial charge is 0.454 e. The molecule has 0 radical (unpaired) electrons. The third-order valence-corrected chi connectivity index (χ3v) is 4.11. The van der Waals surface area contributed by atoms with Crippen molar-refractivity contribution in [1.29, 1.82) is 0 Å². The SMILES string of the molecule is CC1(c2cccc(OCc3ccccc3C(=O)C(F)(F)F)c2)OCCO1. The minimum absolute atomic E-state index is 0.166. The Morgan fingerprint density at radius 1 is 1.12 bits per heavy atom. The lowest BCUT2D eigenvalue weighted by Crippen LogP contribution is -2.24. The molecule has 7 heteroatoms. The van der Waals surface area contributed by atoms with Gasteiger partial charge in [-0.3, -0.25) is 4.79 Å². The van der Waals surface area contributed by atoms with Crippen molar-refractivity contribution in [1.82, 2.24) is 0 Å². The number of ketones is 1. The van der Waals surface area contributed by atoms with Gasteiger partial charge in [0.1, 0.15) is 12.4 Å². The molecule has 1 heterocycles. The van der Waals surface area contributed by atoms with Crippen molar-refractivity contribution in [2.24, 2.45) is 0 Å². The van der Waals surface area contributed by atoms with Crippen LogP contribution in [0.1, 0.15) is 28.4 Å². The number of benzene rings is 2. The Hall–Kier alpha value is -2.38. The van der Waals surface area contributed by atoms with Gasteiger partial charge < -0.3 is 14.2 Å². The highest BCUT2D eigenvalue weighted by Gasteiger charge is 2.40. The average molecular weight is 366 g/mol. The summed E-state index contributed by atoms with van der Waals surface area (Å²) in [4.78, 5) is 11.6. The fourth-order valence-corrected chi connectivity index (χ4v) is 2.73. The summed E-state index contributed by atoms with van der Waals surface area (Å²) in [6.07, 6.45) is -4.93. The molecule has 1 fully saturated rings. The third-order valence-electron chi connectivity index (χ3n) is 4.11. The monoisotopic (exact) mass is 366 g/mol. The van der Waals surface area contributed by atoms with Gasteiger partial charge in [0.05, 0.1) is 13.2 Å². The summed E-state index contributed by atoms with van der Waals surface area (Å²) in [5, 5.41) is 0. The number of rotatable bonds is 5. The fourth-order valence-electron chi connectivity index (χ4n) is 2.73. The van der Waals surface area contributed by atoms with Gasteiger partial charge in [-0.15, -0.1) is 0 Å². The Morgan fingerprint density at radius 2 is 1.81 bits per heavy atom. The van der Waals surface area contributed by atoms with Gasteiger partial charge in [0, 0.05) is 16.7 Å². The number of halogens is 3. The lowest BCUT2D eigenvalue weighted by molar-refractivity contribution is -0.149. The molecule has 0 aromatic heterocycles. The summed E-state index contributed by atoms with van der Waals surface area (Å²) in [5.41, 5.74) is 0.498. The highest BCUT2D eigenvalue weighted by Crippen LogP contribution is 2.33. The molecule has 1 saturated heterocycles. The number of Topliss-reactive ketones (excluding diaryl/α,β-unsaturated/α-hetero) is 1. The van der Waals surface area contributed by atoms with Crippen molar-refractivity contribution in [3.63, 3.8) is 0 Å². The maximum absolute atomic E-state index is 12.7. The molecule has 2 aromatic carbocycles. The maximum Gasteiger partial charge on any atom is 0.454 e. The molecule has 3 rings (SSSR count). The quantitative estimate of drug-likeness (QED) is 0.743. The van der Waals surface area contributed by atoms with Gasteiger partial charge in [0.15, 0.2) is 5.79 Å². The molecule has 4 nitrogen and oxygen atoms in total. The molecule has 1 aliphatic rings. The molecule has 0 aliphatic carbocycles. The third kappa shape index (κ3) is 3.89. The predicted molar refractivity (Wildman–Crippen MR) is 86.9 cm³/mol. The summed E-state index contributed by atoms with van der Waals surface area (Å²) in [6, 6.07) is 12.5. The molecule has 1 aliphatic heterocycles. The lowest BCUT2D eigenvalue weighted by Gasteiger charge is -2.23. The molecule has 0 N–H and O–H groups in total. The fraction of sp³-hybridized carbons (Fsp3) is 0.316. The molecule has 138 valence electrons. The van der Waals surface area contributed by atoms with Crippen LogP contribution < -0.4 is 4.74 Å².